The maximum Gasteiger partial charge on any atom is 0.200 e. The number of nitrogens with zero attached hydrogens (tertiary/aromatic N) is 1. The van der Waals surface area contributed by atoms with Crippen LogP contribution in [-0.2, 0) is 0 Å². The van der Waals surface area contributed by atoms with Crippen molar-refractivity contribution < 1.29 is 48.7 Å². The number of pyridine rings is 1. The highest BCUT2D eigenvalue weighted by Crippen LogP contribution is 2.36. The Kier molecular flexibility index (Phi) is 5.27. The Labute approximate surface area is 159 Å². The predicted molar refractivity (Wildman–Crippen MR) is 80.1 cm³/mol. The Hall–Kier alpha value is -3.44. The topological polar surface area (TPSA) is 30.0 Å². The number of carbonyl (C=O) groups is 1. The highest BCUT2D eigenvalue weighted by atomic mass is 19.2. The van der Waals surface area contributed by atoms with Gasteiger partial charge in [0, 0.05) is 17.3 Å². The summed E-state index contributed by atoms with van der Waals surface area (Å²) in [5.41, 5.74) is -6.07. The molecule has 0 aliphatic carbocycles. The van der Waals surface area contributed by atoms with Gasteiger partial charge in [-0.25, -0.2) is 43.9 Å². The molecule has 0 aliphatic rings. The van der Waals surface area contributed by atoms with Crippen LogP contribution in [-0.4, -0.2) is 11.3 Å². The molecule has 0 unspecified atom stereocenters. The first kappa shape index (κ1) is 21.3. The molecule has 0 atom stereocenters. The Morgan fingerprint density at radius 1 is 0.567 bits per heavy atom. The molecule has 0 saturated carbocycles. The van der Waals surface area contributed by atoms with Gasteiger partial charge in [-0.3, -0.25) is 9.78 Å². The van der Waals surface area contributed by atoms with Gasteiger partial charge in [0.15, 0.2) is 52.8 Å². The van der Waals surface area contributed by atoms with Gasteiger partial charge in [-0.05, 0) is 6.07 Å². The molecule has 0 fully saturated rings. The second-order valence-corrected chi connectivity index (χ2v) is 5.66. The van der Waals surface area contributed by atoms with E-state index in [0.717, 1.165) is 0 Å². The molecule has 1 heterocycles. The highest BCUT2D eigenvalue weighted by molar-refractivity contribution is 5.89. The van der Waals surface area contributed by atoms with Crippen LogP contribution in [0.4, 0.5) is 43.9 Å². The maximum atomic E-state index is 14.0. The van der Waals surface area contributed by atoms with E-state index >= 15 is 0 Å². The molecule has 0 spiro atoms. The van der Waals surface area contributed by atoms with Gasteiger partial charge in [-0.1, -0.05) is 0 Å². The summed E-state index contributed by atoms with van der Waals surface area (Å²) in [5.74, 6) is -23.6. The van der Waals surface area contributed by atoms with Crippen LogP contribution in [0.5, 0.6) is 0 Å². The lowest BCUT2D eigenvalue weighted by molar-refractivity contribution is 0.112. The lowest BCUT2D eigenvalue weighted by atomic mass is 9.98. The number of hydrogen-bond acceptors (Lipinski definition) is 2. The number of hydrogen-bond donors (Lipinski definition) is 0. The van der Waals surface area contributed by atoms with Crippen LogP contribution in [0.15, 0.2) is 12.3 Å². The smallest absolute Gasteiger partial charge is 0.200 e. The van der Waals surface area contributed by atoms with E-state index in [0.29, 0.717) is 6.07 Å². The summed E-state index contributed by atoms with van der Waals surface area (Å²) < 4.78 is 136. The molecule has 0 radical (unpaired) electrons. The quantitative estimate of drug-likeness (QED) is 0.230. The first-order valence-corrected chi connectivity index (χ1v) is 7.51. The van der Waals surface area contributed by atoms with Crippen molar-refractivity contribution in [3.05, 3.63) is 76.0 Å². The SMILES string of the molecule is O=Cc1cc(-c2c(F)c(F)c(F)c(F)c2F)ncc1-c1c(F)c(F)c(F)c(F)c1F. The minimum atomic E-state index is -2.48. The minimum Gasteiger partial charge on any atom is -0.298 e. The zero-order chi connectivity index (χ0) is 22.5. The fourth-order valence-corrected chi connectivity index (χ4v) is 2.59. The second-order valence-electron chi connectivity index (χ2n) is 5.66. The molecule has 0 saturated heterocycles. The Bertz CT molecular complexity index is 1170. The third-order valence-corrected chi connectivity index (χ3v) is 4.01. The lowest BCUT2D eigenvalue weighted by Crippen LogP contribution is -2.07. The lowest BCUT2D eigenvalue weighted by Gasteiger charge is -2.12. The third kappa shape index (κ3) is 2.99. The molecule has 30 heavy (non-hydrogen) atoms. The van der Waals surface area contributed by atoms with Gasteiger partial charge in [0.2, 0.25) is 11.6 Å². The maximum absolute atomic E-state index is 14.0. The van der Waals surface area contributed by atoms with Crippen molar-refractivity contribution in [2.75, 3.05) is 0 Å². The molecule has 12 heteroatoms. The zero-order valence-electron chi connectivity index (χ0n) is 13.9. The summed E-state index contributed by atoms with van der Waals surface area (Å²) in [4.78, 5) is 14.5. The van der Waals surface area contributed by atoms with Gasteiger partial charge in [-0.2, -0.15) is 0 Å². The van der Waals surface area contributed by atoms with Crippen LogP contribution >= 0.6 is 0 Å². The van der Waals surface area contributed by atoms with Crippen LogP contribution < -0.4 is 0 Å². The number of halogens is 10. The van der Waals surface area contributed by atoms with Gasteiger partial charge < -0.3 is 0 Å². The van der Waals surface area contributed by atoms with E-state index in [2.05, 4.69) is 4.98 Å². The first-order chi connectivity index (χ1) is 14.0. The molecule has 0 bridgehead atoms. The van der Waals surface area contributed by atoms with Crippen LogP contribution in [0.1, 0.15) is 10.4 Å². The van der Waals surface area contributed by atoms with Crippen molar-refractivity contribution >= 4 is 6.29 Å². The number of aromatic nitrogens is 1. The summed E-state index contributed by atoms with van der Waals surface area (Å²) in [6.45, 7) is 0. The molecular weight excluding hydrogens is 436 g/mol. The van der Waals surface area contributed by atoms with E-state index in [4.69, 9.17) is 0 Å². The molecule has 1 aromatic heterocycles. The third-order valence-electron chi connectivity index (χ3n) is 4.01. The molecule has 0 amide bonds. The summed E-state index contributed by atoms with van der Waals surface area (Å²) in [7, 11) is 0. The van der Waals surface area contributed by atoms with E-state index in [1.807, 2.05) is 0 Å². The summed E-state index contributed by atoms with van der Waals surface area (Å²) >= 11 is 0. The fraction of sp³-hybridized carbons (Fsp3) is 0. The zero-order valence-corrected chi connectivity index (χ0v) is 13.9. The van der Waals surface area contributed by atoms with Gasteiger partial charge in [0.05, 0.1) is 16.8 Å². The number of carbonyl (C=O) groups excluding carboxylic acids is 1. The molecule has 2 aromatic carbocycles. The van der Waals surface area contributed by atoms with E-state index in [1.54, 1.807) is 0 Å². The van der Waals surface area contributed by atoms with Crippen LogP contribution in [0.25, 0.3) is 22.4 Å². The second kappa shape index (κ2) is 7.43. The summed E-state index contributed by atoms with van der Waals surface area (Å²) in [5, 5.41) is 0. The van der Waals surface area contributed by atoms with Gasteiger partial charge >= 0.3 is 0 Å². The average Bonchev–Trinajstić information content (AvgIpc) is 2.74. The minimum absolute atomic E-state index is 0.204. The van der Waals surface area contributed by atoms with Gasteiger partial charge in [0.25, 0.3) is 0 Å². The normalized spacial score (nSPS) is 11.1. The Morgan fingerprint density at radius 2 is 0.933 bits per heavy atom. The first-order valence-electron chi connectivity index (χ1n) is 7.51. The Morgan fingerprint density at radius 3 is 1.33 bits per heavy atom. The van der Waals surface area contributed by atoms with E-state index in [-0.39, 0.29) is 12.5 Å². The monoisotopic (exact) mass is 439 g/mol. The molecular formula is C18H3F10NO. The van der Waals surface area contributed by atoms with Crippen LogP contribution in [0, 0.1) is 58.2 Å². The summed E-state index contributed by atoms with van der Waals surface area (Å²) in [6, 6.07) is 0.360. The number of benzene rings is 2. The largest absolute Gasteiger partial charge is 0.298 e. The van der Waals surface area contributed by atoms with Crippen molar-refractivity contribution in [3.8, 4) is 22.4 Å². The average molecular weight is 439 g/mol. The molecule has 0 aliphatic heterocycles. The van der Waals surface area contributed by atoms with E-state index in [1.165, 1.54) is 0 Å². The molecule has 3 rings (SSSR count). The van der Waals surface area contributed by atoms with Gasteiger partial charge in [0.1, 0.15) is 0 Å². The van der Waals surface area contributed by atoms with Crippen molar-refractivity contribution in [2.45, 2.75) is 0 Å². The van der Waals surface area contributed by atoms with Crippen molar-refractivity contribution in [2.24, 2.45) is 0 Å². The fourth-order valence-electron chi connectivity index (χ4n) is 2.59. The van der Waals surface area contributed by atoms with Crippen LogP contribution in [0.3, 0.4) is 0 Å². The number of aldehydes is 1. The highest BCUT2D eigenvalue weighted by Gasteiger charge is 2.30. The van der Waals surface area contributed by atoms with Crippen molar-refractivity contribution in [3.63, 3.8) is 0 Å². The molecule has 3 aromatic rings. The van der Waals surface area contributed by atoms with Crippen LogP contribution in [0.2, 0.25) is 0 Å². The van der Waals surface area contributed by atoms with Crippen molar-refractivity contribution in [1.29, 1.82) is 0 Å². The predicted octanol–water partition coefficient (Wildman–Crippen LogP) is 5.62. The standard InChI is InChI=1S/C18H3F10NO/c19-9-7(10(20)14(24)17(27)13(9)23)5-2-29-6(1-4(5)3-30)8-11(21)15(25)18(28)16(26)12(8)22/h1-3H. The molecule has 2 nitrogen and oxygen atoms in total. The van der Waals surface area contributed by atoms with E-state index in [9.17, 15) is 48.7 Å². The molecule has 156 valence electrons. The summed E-state index contributed by atoms with van der Waals surface area (Å²) in [6.07, 6.45) is 0.0833. The van der Waals surface area contributed by atoms with Crippen molar-refractivity contribution in [1.82, 2.24) is 4.98 Å². The molecule has 0 N–H and O–H groups in total. The number of rotatable bonds is 3. The van der Waals surface area contributed by atoms with E-state index < -0.39 is 86.1 Å². The Balaban J connectivity index is 2.32. The van der Waals surface area contributed by atoms with Gasteiger partial charge in [-0.15, -0.1) is 0 Å².